The van der Waals surface area contributed by atoms with Crippen LogP contribution >= 0.6 is 0 Å². The number of carbonyl (C=O) groups excluding carboxylic acids is 3. The predicted molar refractivity (Wildman–Crippen MR) is 133 cm³/mol. The van der Waals surface area contributed by atoms with Crippen LogP contribution in [0.25, 0.3) is 0 Å². The van der Waals surface area contributed by atoms with Gasteiger partial charge in [-0.15, -0.1) is 0 Å². The molecule has 0 aliphatic carbocycles. The van der Waals surface area contributed by atoms with Gasteiger partial charge in [0.1, 0.15) is 18.1 Å². The molecule has 2 bridgehead atoms. The summed E-state index contributed by atoms with van der Waals surface area (Å²) in [6.07, 6.45) is 2.04. The minimum atomic E-state index is -0.349. The van der Waals surface area contributed by atoms with E-state index in [1.54, 1.807) is 17.9 Å². The molecule has 0 unspecified atom stereocenters. The number of aryl methyl sites for hydroxylation is 1. The molecule has 4 heterocycles. The van der Waals surface area contributed by atoms with Gasteiger partial charge in [-0.25, -0.2) is 0 Å². The van der Waals surface area contributed by atoms with Crippen LogP contribution in [0.1, 0.15) is 47.0 Å². The molecular weight excluding hydrogens is 476 g/mol. The molecule has 2 fully saturated rings. The van der Waals surface area contributed by atoms with Crippen LogP contribution in [0.15, 0.2) is 34.9 Å². The first-order valence-electron chi connectivity index (χ1n) is 13.1. The second kappa shape index (κ2) is 11.3. The Kier molecular flexibility index (Phi) is 7.73. The molecule has 3 aliphatic rings. The normalized spacial score (nSPS) is 23.5. The summed E-state index contributed by atoms with van der Waals surface area (Å²) in [7, 11) is 0. The van der Waals surface area contributed by atoms with Gasteiger partial charge in [0, 0.05) is 57.3 Å². The molecule has 198 valence electrons. The molecule has 37 heavy (non-hydrogen) atoms. The minimum absolute atomic E-state index is 0.0444. The molecule has 1 N–H and O–H groups in total. The van der Waals surface area contributed by atoms with Crippen molar-refractivity contribution in [1.29, 1.82) is 0 Å². The van der Waals surface area contributed by atoms with Crippen molar-refractivity contribution >= 4 is 17.7 Å². The highest BCUT2D eigenvalue weighted by molar-refractivity contribution is 5.92. The molecule has 3 amide bonds. The third kappa shape index (κ3) is 5.79. The third-order valence-electron chi connectivity index (χ3n) is 7.49. The van der Waals surface area contributed by atoms with E-state index in [9.17, 15) is 14.4 Å². The summed E-state index contributed by atoms with van der Waals surface area (Å²) in [6.45, 7) is 5.43. The van der Waals surface area contributed by atoms with E-state index < -0.39 is 0 Å². The number of rotatable bonds is 2. The molecular formula is C27H34N4O6. The fourth-order valence-electron chi connectivity index (χ4n) is 5.46. The molecule has 5 rings (SSSR count). The van der Waals surface area contributed by atoms with Crippen molar-refractivity contribution in [2.24, 2.45) is 11.8 Å². The summed E-state index contributed by atoms with van der Waals surface area (Å²) in [5.41, 5.74) is 1.23. The highest BCUT2D eigenvalue weighted by Gasteiger charge is 2.42. The Balaban J connectivity index is 1.33. The van der Waals surface area contributed by atoms with Crippen LogP contribution in [0, 0.1) is 18.8 Å². The maximum absolute atomic E-state index is 13.3. The summed E-state index contributed by atoms with van der Waals surface area (Å²) < 4.78 is 16.5. The molecule has 2 atom stereocenters. The van der Waals surface area contributed by atoms with Gasteiger partial charge in [-0.2, -0.15) is 0 Å². The number of ether oxygens (including phenoxy) is 2. The van der Waals surface area contributed by atoms with E-state index in [-0.39, 0.29) is 41.2 Å². The molecule has 1 aromatic carbocycles. The van der Waals surface area contributed by atoms with E-state index in [1.807, 2.05) is 29.2 Å². The number of nitrogens with one attached hydrogen (secondary N) is 1. The average molecular weight is 511 g/mol. The number of amides is 3. The molecule has 0 spiro atoms. The molecule has 3 aliphatic heterocycles. The topological polar surface area (TPSA) is 114 Å². The van der Waals surface area contributed by atoms with Gasteiger partial charge in [-0.05, 0) is 43.9 Å². The Morgan fingerprint density at radius 2 is 1.84 bits per heavy atom. The van der Waals surface area contributed by atoms with Gasteiger partial charge in [0.25, 0.3) is 5.91 Å². The molecule has 2 saturated heterocycles. The fourth-order valence-corrected chi connectivity index (χ4v) is 5.46. The zero-order valence-corrected chi connectivity index (χ0v) is 21.2. The Morgan fingerprint density at radius 3 is 2.62 bits per heavy atom. The van der Waals surface area contributed by atoms with Gasteiger partial charge >= 0.3 is 0 Å². The zero-order chi connectivity index (χ0) is 25.8. The van der Waals surface area contributed by atoms with Gasteiger partial charge < -0.3 is 29.1 Å². The number of carbonyl (C=O) groups is 3. The smallest absolute Gasteiger partial charge is 0.276 e. The quantitative estimate of drug-likeness (QED) is 0.657. The second-order valence-corrected chi connectivity index (χ2v) is 10.0. The van der Waals surface area contributed by atoms with Crippen molar-refractivity contribution in [2.45, 2.75) is 32.1 Å². The SMILES string of the molecule is Cc1cc(C(=O)N2CCCNC(=O)[C@H]3CN(C(=O)C4CCOCC4)C[C@@H]3c3cccc(c3)OCC2)no1. The summed E-state index contributed by atoms with van der Waals surface area (Å²) in [6, 6.07) is 9.35. The Morgan fingerprint density at radius 1 is 1.03 bits per heavy atom. The van der Waals surface area contributed by atoms with Gasteiger partial charge in [0.15, 0.2) is 5.69 Å². The number of hydrogen-bond donors (Lipinski definition) is 1. The Hall–Kier alpha value is -3.40. The summed E-state index contributed by atoms with van der Waals surface area (Å²) in [4.78, 5) is 43.1. The Labute approximate surface area is 216 Å². The van der Waals surface area contributed by atoms with Crippen molar-refractivity contribution < 1.29 is 28.4 Å². The predicted octanol–water partition coefficient (Wildman–Crippen LogP) is 1.99. The monoisotopic (exact) mass is 510 g/mol. The first kappa shape index (κ1) is 25.3. The van der Waals surface area contributed by atoms with E-state index in [4.69, 9.17) is 14.0 Å². The minimum Gasteiger partial charge on any atom is -0.492 e. The highest BCUT2D eigenvalue weighted by atomic mass is 16.5. The number of aromatic nitrogens is 1. The third-order valence-corrected chi connectivity index (χ3v) is 7.49. The number of nitrogens with zero attached hydrogens (tertiary/aromatic N) is 3. The zero-order valence-electron chi connectivity index (χ0n) is 21.2. The molecule has 2 aromatic rings. The van der Waals surface area contributed by atoms with Gasteiger partial charge in [-0.1, -0.05) is 17.3 Å². The Bertz CT molecular complexity index is 1130. The molecule has 0 saturated carbocycles. The summed E-state index contributed by atoms with van der Waals surface area (Å²) >= 11 is 0. The van der Waals surface area contributed by atoms with Crippen LogP contribution in [0.5, 0.6) is 5.75 Å². The van der Waals surface area contributed by atoms with Crippen molar-refractivity contribution in [3.05, 3.63) is 47.3 Å². The lowest BCUT2D eigenvalue weighted by Crippen LogP contribution is -2.40. The van der Waals surface area contributed by atoms with E-state index in [2.05, 4.69) is 10.5 Å². The molecule has 10 heteroatoms. The van der Waals surface area contributed by atoms with Crippen LogP contribution in [0.4, 0.5) is 0 Å². The summed E-state index contributed by atoms with van der Waals surface area (Å²) in [5.74, 6) is 0.560. The lowest BCUT2D eigenvalue weighted by Gasteiger charge is -2.26. The number of fused-ring (bicyclic) bond motifs is 4. The van der Waals surface area contributed by atoms with Gasteiger partial charge in [0.05, 0.1) is 12.5 Å². The number of hydrogen-bond acceptors (Lipinski definition) is 7. The van der Waals surface area contributed by atoms with Gasteiger partial charge in [-0.3, -0.25) is 14.4 Å². The maximum atomic E-state index is 13.3. The van der Waals surface area contributed by atoms with E-state index in [0.29, 0.717) is 70.5 Å². The van der Waals surface area contributed by atoms with Crippen LogP contribution in [-0.4, -0.2) is 85.2 Å². The summed E-state index contributed by atoms with van der Waals surface area (Å²) in [5, 5.41) is 6.91. The molecule has 0 radical (unpaired) electrons. The average Bonchev–Trinajstić information content (AvgIpc) is 3.56. The van der Waals surface area contributed by atoms with Crippen molar-refractivity contribution in [2.75, 3.05) is 52.5 Å². The molecule has 1 aromatic heterocycles. The van der Waals surface area contributed by atoms with Crippen molar-refractivity contribution in [3.8, 4) is 5.75 Å². The maximum Gasteiger partial charge on any atom is 0.276 e. The van der Waals surface area contributed by atoms with Crippen molar-refractivity contribution in [1.82, 2.24) is 20.3 Å². The van der Waals surface area contributed by atoms with Crippen LogP contribution < -0.4 is 10.1 Å². The van der Waals surface area contributed by atoms with E-state index in [1.165, 1.54) is 0 Å². The largest absolute Gasteiger partial charge is 0.492 e. The molecule has 10 nitrogen and oxygen atoms in total. The van der Waals surface area contributed by atoms with E-state index >= 15 is 0 Å². The van der Waals surface area contributed by atoms with Crippen molar-refractivity contribution in [3.63, 3.8) is 0 Å². The highest BCUT2D eigenvalue weighted by Crippen LogP contribution is 2.36. The first-order valence-corrected chi connectivity index (χ1v) is 13.1. The fraction of sp³-hybridized carbons (Fsp3) is 0.556. The first-order chi connectivity index (χ1) is 18.0. The van der Waals surface area contributed by atoms with Crippen LogP contribution in [-0.2, 0) is 14.3 Å². The van der Waals surface area contributed by atoms with Crippen LogP contribution in [0.2, 0.25) is 0 Å². The van der Waals surface area contributed by atoms with Crippen LogP contribution in [0.3, 0.4) is 0 Å². The second-order valence-electron chi connectivity index (χ2n) is 10.0. The number of benzene rings is 1. The lowest BCUT2D eigenvalue weighted by molar-refractivity contribution is -0.137. The number of likely N-dealkylation sites (tertiary alicyclic amines) is 1. The van der Waals surface area contributed by atoms with E-state index in [0.717, 1.165) is 18.4 Å². The van der Waals surface area contributed by atoms with Gasteiger partial charge in [0.2, 0.25) is 11.8 Å². The lowest BCUT2D eigenvalue weighted by atomic mass is 9.88. The standard InChI is InChI=1S/C27H34N4O6/c1-18-14-24(29-37-18)27(34)30-9-3-8-28-25(32)23-17-31(26(33)19-6-11-35-12-7-19)16-22(23)20-4-2-5-21(15-20)36-13-10-30/h2,4-5,14-15,19,22-23H,3,6-13,16-17H2,1H3,(H,28,32)/t22-,23+/m1/s1.